The van der Waals surface area contributed by atoms with E-state index in [1.807, 2.05) is 24.3 Å². The fraction of sp³-hybridized carbons (Fsp3) is 0.306. The Balaban J connectivity index is 1.17. The number of piperidine rings is 2. The quantitative estimate of drug-likeness (QED) is 0.258. The van der Waals surface area contributed by atoms with Crippen LogP contribution >= 0.6 is 23.2 Å². The van der Waals surface area contributed by atoms with Crippen molar-refractivity contribution in [1.29, 1.82) is 5.26 Å². The van der Waals surface area contributed by atoms with Crippen LogP contribution in [0, 0.1) is 17.2 Å². The first-order chi connectivity index (χ1) is 24.3. The number of likely N-dealkylation sites (tertiary alicyclic amines) is 2. The van der Waals surface area contributed by atoms with Crippen LogP contribution in [0.25, 0.3) is 0 Å². The van der Waals surface area contributed by atoms with Crippen LogP contribution in [0.3, 0.4) is 0 Å². The van der Waals surface area contributed by atoms with Gasteiger partial charge >= 0.3 is 0 Å². The van der Waals surface area contributed by atoms with E-state index in [0.717, 1.165) is 21.4 Å². The molecule has 0 radical (unpaired) electrons. The Hall–Kier alpha value is -5.03. The molecule has 1 aromatic heterocycles. The number of carbonyl (C=O) groups excluding carboxylic acids is 2. The first-order valence-electron chi connectivity index (χ1n) is 16.0. The minimum atomic E-state index is -3.82. The van der Waals surface area contributed by atoms with Crippen molar-refractivity contribution in [1.82, 2.24) is 19.4 Å². The Bertz CT molecular complexity index is 2040. The minimum Gasteiger partial charge on any atom is -0.437 e. The van der Waals surface area contributed by atoms with Gasteiger partial charge in [-0.05, 0) is 54.4 Å². The number of rotatable bonds is 7. The number of carbonyl (C=O) groups is 2. The van der Waals surface area contributed by atoms with Crippen molar-refractivity contribution in [2.24, 2.45) is 5.92 Å². The summed E-state index contributed by atoms with van der Waals surface area (Å²) < 4.78 is 38.1. The van der Waals surface area contributed by atoms with E-state index in [9.17, 15) is 19.5 Å². The number of nitrogens with zero attached hydrogens (tertiary/aromatic N) is 5. The van der Waals surface area contributed by atoms with E-state index in [4.69, 9.17) is 38.9 Å². The van der Waals surface area contributed by atoms with Gasteiger partial charge in [0.05, 0.1) is 24.7 Å². The molecule has 51 heavy (non-hydrogen) atoms. The highest BCUT2D eigenvalue weighted by Crippen LogP contribution is 2.41. The monoisotopic (exact) mass is 736 g/mol. The number of aliphatic hydroxyl groups is 1. The smallest absolute Gasteiger partial charge is 0.295 e. The summed E-state index contributed by atoms with van der Waals surface area (Å²) in [4.78, 5) is 47.2. The molecule has 6 rings (SSSR count). The standard InChI is InChI=1S/C36H32Cl2F2N6O5/c37-25-14-24(15-26(38)16-25)32(47)44-12-10-28(29(18-44)23-4-2-1-3-5-23)33(48)45-13-11-35(50,36(39,40)20-45)19-46-21-43-31(30(42)34(46)49)51-27-8-6-22(17-41)7-9-27/h1-9,14-16,21,28-29,50H,10-13,18-20,42H2/t28-,29+,35+/m1/s1. The van der Waals surface area contributed by atoms with E-state index < -0.39 is 60.0 Å². The molecule has 0 saturated carbocycles. The van der Waals surface area contributed by atoms with Crippen LogP contribution in [0.2, 0.25) is 10.0 Å². The first-order valence-corrected chi connectivity index (χ1v) is 16.8. The van der Waals surface area contributed by atoms with Crippen molar-refractivity contribution < 1.29 is 28.2 Å². The number of halogens is 4. The van der Waals surface area contributed by atoms with E-state index in [1.54, 1.807) is 17.0 Å². The summed E-state index contributed by atoms with van der Waals surface area (Å²) in [7, 11) is 0. The maximum absolute atomic E-state index is 15.9. The van der Waals surface area contributed by atoms with Crippen molar-refractivity contribution in [3.05, 3.63) is 116 Å². The molecule has 15 heteroatoms. The number of nitrogens with two attached hydrogens (primary N) is 1. The Morgan fingerprint density at radius 3 is 2.37 bits per heavy atom. The highest BCUT2D eigenvalue weighted by Gasteiger charge is 2.58. The van der Waals surface area contributed by atoms with Crippen molar-refractivity contribution in [2.45, 2.75) is 36.8 Å². The summed E-state index contributed by atoms with van der Waals surface area (Å²) >= 11 is 12.3. The van der Waals surface area contributed by atoms with E-state index in [1.165, 1.54) is 42.5 Å². The van der Waals surface area contributed by atoms with Gasteiger partial charge in [0.15, 0.2) is 5.69 Å². The van der Waals surface area contributed by atoms with Crippen molar-refractivity contribution in [2.75, 3.05) is 31.9 Å². The fourth-order valence-corrected chi connectivity index (χ4v) is 7.12. The molecule has 2 amide bonds. The predicted molar refractivity (Wildman–Crippen MR) is 185 cm³/mol. The summed E-state index contributed by atoms with van der Waals surface area (Å²) in [6, 6.07) is 21.5. The summed E-state index contributed by atoms with van der Waals surface area (Å²) in [6.45, 7) is -1.78. The largest absolute Gasteiger partial charge is 0.437 e. The maximum atomic E-state index is 15.9. The van der Waals surface area contributed by atoms with Crippen LogP contribution in [-0.4, -0.2) is 74.0 Å². The third-order valence-electron chi connectivity index (χ3n) is 9.40. The van der Waals surface area contributed by atoms with Gasteiger partial charge in [0.2, 0.25) is 11.8 Å². The molecule has 4 aromatic rings. The third kappa shape index (κ3) is 7.39. The molecule has 264 valence electrons. The lowest BCUT2D eigenvalue weighted by Crippen LogP contribution is -2.64. The third-order valence-corrected chi connectivity index (χ3v) is 9.83. The van der Waals surface area contributed by atoms with E-state index in [-0.39, 0.29) is 43.6 Å². The van der Waals surface area contributed by atoms with Crippen LogP contribution in [0.4, 0.5) is 14.5 Å². The minimum absolute atomic E-state index is 0.153. The Morgan fingerprint density at radius 2 is 1.73 bits per heavy atom. The normalized spacial score (nSPS) is 21.5. The van der Waals surface area contributed by atoms with Crippen LogP contribution in [0.15, 0.2) is 83.9 Å². The molecular weight excluding hydrogens is 705 g/mol. The molecule has 0 bridgehead atoms. The van der Waals surface area contributed by atoms with Gasteiger partial charge in [-0.25, -0.2) is 13.8 Å². The van der Waals surface area contributed by atoms with Crippen LogP contribution in [0.5, 0.6) is 11.6 Å². The van der Waals surface area contributed by atoms with Gasteiger partial charge in [-0.3, -0.25) is 19.0 Å². The zero-order chi connectivity index (χ0) is 36.5. The first kappa shape index (κ1) is 35.8. The van der Waals surface area contributed by atoms with Crippen LogP contribution in [-0.2, 0) is 11.3 Å². The highest BCUT2D eigenvalue weighted by molar-refractivity contribution is 6.35. The van der Waals surface area contributed by atoms with Crippen LogP contribution in [0.1, 0.15) is 40.2 Å². The number of anilines is 1. The van der Waals surface area contributed by atoms with E-state index in [2.05, 4.69) is 4.98 Å². The predicted octanol–water partition coefficient (Wildman–Crippen LogP) is 5.34. The molecule has 3 N–H and O–H groups in total. The topological polar surface area (TPSA) is 155 Å². The van der Waals surface area contributed by atoms with Crippen molar-refractivity contribution in [3.63, 3.8) is 0 Å². The zero-order valence-corrected chi connectivity index (χ0v) is 28.5. The summed E-state index contributed by atoms with van der Waals surface area (Å²) in [5.74, 6) is -5.91. The number of benzene rings is 3. The molecule has 0 spiro atoms. The van der Waals surface area contributed by atoms with Gasteiger partial charge in [0.25, 0.3) is 17.4 Å². The number of alkyl halides is 2. The number of nitrogen functional groups attached to an aromatic ring is 1. The van der Waals surface area contributed by atoms with Gasteiger partial charge in [-0.15, -0.1) is 0 Å². The number of amides is 2. The van der Waals surface area contributed by atoms with Crippen molar-refractivity contribution >= 4 is 40.7 Å². The van der Waals surface area contributed by atoms with E-state index in [0.29, 0.717) is 21.2 Å². The molecule has 2 fully saturated rings. The second kappa shape index (κ2) is 14.3. The second-order valence-corrected chi connectivity index (χ2v) is 13.6. The molecule has 0 unspecified atom stereocenters. The van der Waals surface area contributed by atoms with Gasteiger partial charge in [-0.2, -0.15) is 5.26 Å². The highest BCUT2D eigenvalue weighted by atomic mass is 35.5. The Morgan fingerprint density at radius 1 is 1.04 bits per heavy atom. The maximum Gasteiger partial charge on any atom is 0.295 e. The average molecular weight is 738 g/mol. The Kier molecular flexibility index (Phi) is 10.0. The summed E-state index contributed by atoms with van der Waals surface area (Å²) in [6.07, 6.45) is 0.632. The molecule has 2 saturated heterocycles. The number of nitriles is 1. The molecule has 2 aliphatic heterocycles. The summed E-state index contributed by atoms with van der Waals surface area (Å²) in [5.41, 5.74) is 3.34. The molecule has 3 aromatic carbocycles. The SMILES string of the molecule is N#Cc1ccc(Oc2ncn(C[C@@]3(O)CCN(C(=O)[C@@H]4CCN(C(=O)c5cc(Cl)cc(Cl)c5)C[C@H]4c4ccccc4)CC3(F)F)c(=O)c2N)cc1. The number of ether oxygens (including phenoxy) is 1. The van der Waals surface area contributed by atoms with Crippen molar-refractivity contribution in [3.8, 4) is 17.7 Å². The van der Waals surface area contributed by atoms with Crippen LogP contribution < -0.4 is 16.0 Å². The molecule has 2 aliphatic rings. The average Bonchev–Trinajstić information content (AvgIpc) is 3.12. The Labute approximate surface area is 301 Å². The van der Waals surface area contributed by atoms with Gasteiger partial charge in [0, 0.05) is 53.5 Å². The molecule has 3 heterocycles. The number of aromatic nitrogens is 2. The summed E-state index contributed by atoms with van der Waals surface area (Å²) in [5, 5.41) is 20.8. The molecule has 0 aliphatic carbocycles. The van der Waals surface area contributed by atoms with Gasteiger partial charge < -0.3 is 25.4 Å². The lowest BCUT2D eigenvalue weighted by Gasteiger charge is -2.46. The van der Waals surface area contributed by atoms with Gasteiger partial charge in [0.1, 0.15) is 17.7 Å². The van der Waals surface area contributed by atoms with Gasteiger partial charge in [-0.1, -0.05) is 53.5 Å². The zero-order valence-electron chi connectivity index (χ0n) is 27.0. The lowest BCUT2D eigenvalue weighted by atomic mass is 9.78. The molecule has 3 atom stereocenters. The number of hydrogen-bond donors (Lipinski definition) is 2. The number of hydrogen-bond acceptors (Lipinski definition) is 8. The second-order valence-electron chi connectivity index (χ2n) is 12.7. The molecule has 11 nitrogen and oxygen atoms in total. The molecular formula is C36H32Cl2F2N6O5. The fourth-order valence-electron chi connectivity index (χ4n) is 6.59. The lowest BCUT2D eigenvalue weighted by molar-refractivity contribution is -0.223. The van der Waals surface area contributed by atoms with E-state index >= 15 is 8.78 Å².